The average Bonchev–Trinajstić information content (AvgIpc) is 2.37. The fourth-order valence-corrected chi connectivity index (χ4v) is 1.44. The third-order valence-electron chi connectivity index (χ3n) is 2.22. The van der Waals surface area contributed by atoms with Crippen molar-refractivity contribution in [1.29, 1.82) is 5.26 Å². The predicted octanol–water partition coefficient (Wildman–Crippen LogP) is 3.27. The van der Waals surface area contributed by atoms with Crippen LogP contribution < -0.4 is 4.74 Å². The van der Waals surface area contributed by atoms with E-state index in [1.165, 1.54) is 13.0 Å². The minimum Gasteiger partial charge on any atom is -0.462 e. The molecule has 0 aliphatic carbocycles. The van der Waals surface area contributed by atoms with Crippen LogP contribution in [-0.4, -0.2) is 19.2 Å². The molecular formula is C12H9F4NO3. The van der Waals surface area contributed by atoms with Gasteiger partial charge in [0, 0.05) is 0 Å². The Labute approximate surface area is 111 Å². The van der Waals surface area contributed by atoms with Crippen LogP contribution in [0.4, 0.5) is 17.6 Å². The highest BCUT2D eigenvalue weighted by Crippen LogP contribution is 2.33. The first-order valence-corrected chi connectivity index (χ1v) is 5.38. The van der Waals surface area contributed by atoms with E-state index in [-0.39, 0.29) is 6.61 Å². The third kappa shape index (κ3) is 3.60. The highest BCUT2D eigenvalue weighted by molar-refractivity contribution is 5.93. The van der Waals surface area contributed by atoms with E-state index in [2.05, 4.69) is 9.47 Å². The van der Waals surface area contributed by atoms with E-state index in [1.54, 1.807) is 0 Å². The van der Waals surface area contributed by atoms with Crippen molar-refractivity contribution >= 4 is 5.97 Å². The molecule has 108 valence electrons. The summed E-state index contributed by atoms with van der Waals surface area (Å²) in [6.07, 6.45) is -3.13. The number of alkyl halides is 4. The van der Waals surface area contributed by atoms with Gasteiger partial charge >= 0.3 is 12.6 Å². The lowest BCUT2D eigenvalue weighted by molar-refractivity contribution is -0.0520. The Morgan fingerprint density at radius 3 is 2.45 bits per heavy atom. The summed E-state index contributed by atoms with van der Waals surface area (Å²) in [5, 5.41) is 8.82. The van der Waals surface area contributed by atoms with Gasteiger partial charge in [0.25, 0.3) is 6.43 Å². The molecule has 0 radical (unpaired) electrons. The van der Waals surface area contributed by atoms with Crippen molar-refractivity contribution in [3.8, 4) is 11.8 Å². The van der Waals surface area contributed by atoms with Gasteiger partial charge in [0.15, 0.2) is 0 Å². The molecule has 0 atom stereocenters. The number of nitrogens with zero attached hydrogens (tertiary/aromatic N) is 1. The van der Waals surface area contributed by atoms with Crippen LogP contribution in [0.25, 0.3) is 0 Å². The molecule has 0 aromatic heterocycles. The minimum absolute atomic E-state index is 0.0225. The number of halogens is 4. The summed E-state index contributed by atoms with van der Waals surface area (Å²) in [6, 6.07) is 2.82. The van der Waals surface area contributed by atoms with E-state index in [4.69, 9.17) is 5.26 Å². The molecule has 0 aliphatic rings. The van der Waals surface area contributed by atoms with Crippen molar-refractivity contribution < 1.29 is 31.8 Å². The van der Waals surface area contributed by atoms with Crippen molar-refractivity contribution in [3.63, 3.8) is 0 Å². The van der Waals surface area contributed by atoms with E-state index in [9.17, 15) is 22.4 Å². The zero-order valence-electron chi connectivity index (χ0n) is 10.2. The standard InChI is InChI=1S/C12H9F4NO3/c1-2-19-11(18)7-4-9(20-12(15)16)8(10(13)14)3-6(7)5-17/h3-4,10,12H,2H2,1H3. The van der Waals surface area contributed by atoms with Crippen LogP contribution in [0.2, 0.25) is 0 Å². The number of ether oxygens (including phenoxy) is 2. The first kappa shape index (κ1) is 15.8. The van der Waals surface area contributed by atoms with E-state index in [0.29, 0.717) is 12.1 Å². The topological polar surface area (TPSA) is 59.3 Å². The summed E-state index contributed by atoms with van der Waals surface area (Å²) in [6.45, 7) is -1.87. The van der Waals surface area contributed by atoms with Crippen LogP contribution in [0, 0.1) is 11.3 Å². The molecule has 0 amide bonds. The van der Waals surface area contributed by atoms with Crippen LogP contribution in [0.15, 0.2) is 12.1 Å². The smallest absolute Gasteiger partial charge is 0.387 e. The summed E-state index contributed by atoms with van der Waals surface area (Å²) in [5.74, 6) is -1.85. The average molecular weight is 291 g/mol. The highest BCUT2D eigenvalue weighted by Gasteiger charge is 2.23. The number of esters is 1. The van der Waals surface area contributed by atoms with E-state index in [1.807, 2.05) is 0 Å². The molecule has 1 aromatic carbocycles. The second kappa shape index (κ2) is 6.75. The Morgan fingerprint density at radius 2 is 2.00 bits per heavy atom. The maximum absolute atomic E-state index is 12.7. The van der Waals surface area contributed by atoms with Crippen molar-refractivity contribution in [2.45, 2.75) is 20.0 Å². The van der Waals surface area contributed by atoms with Crippen molar-refractivity contribution in [3.05, 3.63) is 28.8 Å². The van der Waals surface area contributed by atoms with Crippen LogP contribution in [0.1, 0.15) is 34.8 Å². The Kier molecular flexibility index (Phi) is 5.32. The van der Waals surface area contributed by atoms with E-state index in [0.717, 1.165) is 0 Å². The van der Waals surface area contributed by atoms with Gasteiger partial charge in [-0.05, 0) is 19.1 Å². The molecule has 20 heavy (non-hydrogen) atoms. The molecule has 0 N–H and O–H groups in total. The van der Waals surface area contributed by atoms with Gasteiger partial charge in [-0.2, -0.15) is 14.0 Å². The van der Waals surface area contributed by atoms with Gasteiger partial charge in [-0.15, -0.1) is 0 Å². The minimum atomic E-state index is -3.34. The van der Waals surface area contributed by atoms with E-state index >= 15 is 0 Å². The van der Waals surface area contributed by atoms with Gasteiger partial charge in [-0.1, -0.05) is 0 Å². The molecule has 1 rings (SSSR count). The van der Waals surface area contributed by atoms with Gasteiger partial charge < -0.3 is 9.47 Å². The molecule has 4 nitrogen and oxygen atoms in total. The largest absolute Gasteiger partial charge is 0.462 e. The van der Waals surface area contributed by atoms with Gasteiger partial charge in [-0.25, -0.2) is 13.6 Å². The Hall–Kier alpha value is -2.30. The first-order chi connectivity index (χ1) is 9.40. The summed E-state index contributed by atoms with van der Waals surface area (Å²) >= 11 is 0. The zero-order valence-corrected chi connectivity index (χ0v) is 10.2. The molecule has 0 bridgehead atoms. The molecule has 0 saturated heterocycles. The molecule has 1 aromatic rings. The van der Waals surface area contributed by atoms with E-state index < -0.39 is 41.4 Å². The van der Waals surface area contributed by atoms with Crippen LogP contribution in [0.5, 0.6) is 5.75 Å². The lowest BCUT2D eigenvalue weighted by Gasteiger charge is -2.13. The monoisotopic (exact) mass is 291 g/mol. The summed E-state index contributed by atoms with van der Waals surface area (Å²) in [5.41, 5.74) is -1.70. The number of hydrogen-bond acceptors (Lipinski definition) is 4. The van der Waals surface area contributed by atoms with Gasteiger partial charge in [0.2, 0.25) is 0 Å². The number of nitriles is 1. The Balaban J connectivity index is 3.38. The summed E-state index contributed by atoms with van der Waals surface area (Å²) in [4.78, 5) is 11.5. The molecule has 0 aliphatic heterocycles. The zero-order chi connectivity index (χ0) is 15.3. The molecule has 8 heteroatoms. The normalized spacial score (nSPS) is 10.5. The SMILES string of the molecule is CCOC(=O)c1cc(OC(F)F)c(C(F)F)cc1C#N. The van der Waals surface area contributed by atoms with Crippen LogP contribution in [-0.2, 0) is 4.74 Å². The Bertz CT molecular complexity index is 540. The molecule has 0 unspecified atom stereocenters. The number of carbonyl (C=O) groups is 1. The first-order valence-electron chi connectivity index (χ1n) is 5.38. The highest BCUT2D eigenvalue weighted by atomic mass is 19.3. The quantitative estimate of drug-likeness (QED) is 0.617. The molecule has 0 saturated carbocycles. The fraction of sp³-hybridized carbons (Fsp3) is 0.333. The summed E-state index contributed by atoms with van der Waals surface area (Å²) < 4.78 is 58.4. The molecule has 0 fully saturated rings. The lowest BCUT2D eigenvalue weighted by Crippen LogP contribution is -2.11. The van der Waals surface area contributed by atoms with Crippen molar-refractivity contribution in [2.24, 2.45) is 0 Å². The maximum Gasteiger partial charge on any atom is 0.387 e. The van der Waals surface area contributed by atoms with Crippen molar-refractivity contribution in [1.82, 2.24) is 0 Å². The summed E-state index contributed by atoms with van der Waals surface area (Å²) in [7, 11) is 0. The Morgan fingerprint density at radius 1 is 1.35 bits per heavy atom. The molecule has 0 spiro atoms. The van der Waals surface area contributed by atoms with Gasteiger partial charge in [0.05, 0.1) is 23.3 Å². The second-order valence-corrected chi connectivity index (χ2v) is 3.45. The van der Waals surface area contributed by atoms with Crippen molar-refractivity contribution in [2.75, 3.05) is 6.61 Å². The third-order valence-corrected chi connectivity index (χ3v) is 2.22. The maximum atomic E-state index is 12.7. The predicted molar refractivity (Wildman–Crippen MR) is 58.7 cm³/mol. The van der Waals surface area contributed by atoms with Crippen LogP contribution >= 0.6 is 0 Å². The van der Waals surface area contributed by atoms with Crippen LogP contribution in [0.3, 0.4) is 0 Å². The number of carbonyl (C=O) groups excluding carboxylic acids is 1. The fourth-order valence-electron chi connectivity index (χ4n) is 1.44. The lowest BCUT2D eigenvalue weighted by atomic mass is 10.0. The number of benzene rings is 1. The second-order valence-electron chi connectivity index (χ2n) is 3.45. The van der Waals surface area contributed by atoms with Gasteiger partial charge in [0.1, 0.15) is 11.8 Å². The molecular weight excluding hydrogens is 282 g/mol. The number of rotatable bonds is 5. The number of hydrogen-bond donors (Lipinski definition) is 0. The molecule has 0 heterocycles. The van der Waals surface area contributed by atoms with Gasteiger partial charge in [-0.3, -0.25) is 0 Å².